The molecule has 222 valence electrons. The van der Waals surface area contributed by atoms with Crippen LogP contribution in [0.5, 0.6) is 0 Å². The molecule has 1 fully saturated rings. The van der Waals surface area contributed by atoms with E-state index >= 15 is 0 Å². The van der Waals surface area contributed by atoms with Gasteiger partial charge in [0.15, 0.2) is 5.79 Å². The first-order chi connectivity index (χ1) is 18.5. The van der Waals surface area contributed by atoms with Crippen molar-refractivity contribution in [2.75, 3.05) is 19.8 Å². The molecular weight excluding hydrogens is 516 g/mol. The molecule has 1 saturated heterocycles. The maximum Gasteiger partial charge on any atom is 0.261 e. The second-order valence-corrected chi connectivity index (χ2v) is 18.3. The minimum absolute atomic E-state index is 0.0413. The van der Waals surface area contributed by atoms with Crippen LogP contribution in [0.2, 0.25) is 5.04 Å². The number of carbonyl (C=O) groups excluding carboxylic acids is 1. The number of Topliss-reactive ketones (excluding diaryl/α,β-unsaturated/α-hetero) is 1. The fraction of sp³-hybridized carbons (Fsp3) is 0.618. The van der Waals surface area contributed by atoms with Crippen LogP contribution in [0.1, 0.15) is 75.7 Å². The predicted octanol–water partition coefficient (Wildman–Crippen LogP) is 5.97. The van der Waals surface area contributed by atoms with E-state index in [1.807, 2.05) is 53.7 Å². The zero-order valence-corrected chi connectivity index (χ0v) is 27.4. The lowest BCUT2D eigenvalue weighted by Gasteiger charge is -2.46. The van der Waals surface area contributed by atoms with Crippen molar-refractivity contribution in [2.24, 2.45) is 22.7 Å². The summed E-state index contributed by atoms with van der Waals surface area (Å²) in [6.45, 7) is 22.4. The maximum atomic E-state index is 13.7. The molecule has 3 unspecified atom stereocenters. The summed E-state index contributed by atoms with van der Waals surface area (Å²) in [6.07, 6.45) is -0.728. The number of benzene rings is 2. The van der Waals surface area contributed by atoms with Gasteiger partial charge in [-0.2, -0.15) is 0 Å². The number of ether oxygens (including phenoxy) is 2. The quantitative estimate of drug-likeness (QED) is 0.320. The highest BCUT2D eigenvalue weighted by molar-refractivity contribution is 6.99. The van der Waals surface area contributed by atoms with Gasteiger partial charge in [0.25, 0.3) is 8.32 Å². The summed E-state index contributed by atoms with van der Waals surface area (Å²) in [4.78, 5) is 13.7. The first-order valence-corrected chi connectivity index (χ1v) is 16.7. The van der Waals surface area contributed by atoms with Crippen molar-refractivity contribution in [1.29, 1.82) is 0 Å². The summed E-state index contributed by atoms with van der Waals surface area (Å²) < 4.78 is 19.0. The van der Waals surface area contributed by atoms with Crippen molar-refractivity contribution in [3.05, 3.63) is 60.7 Å². The van der Waals surface area contributed by atoms with Crippen molar-refractivity contribution in [3.63, 3.8) is 0 Å². The van der Waals surface area contributed by atoms with Gasteiger partial charge in [-0.1, -0.05) is 123 Å². The Morgan fingerprint density at radius 3 is 1.77 bits per heavy atom. The van der Waals surface area contributed by atoms with E-state index in [0.29, 0.717) is 19.8 Å². The SMILES string of the molecule is CC(CO[Si](c1ccccc1)(c1ccccc1)C(C)(C)C)C(C)(C)C(=O)CC(O)C(C)C(C)(C)C1(C)OCCO1. The minimum Gasteiger partial charge on any atom is -0.407 e. The van der Waals surface area contributed by atoms with Gasteiger partial charge < -0.3 is 19.0 Å². The van der Waals surface area contributed by atoms with Crippen LogP contribution in [0.15, 0.2) is 60.7 Å². The van der Waals surface area contributed by atoms with Crippen LogP contribution in [-0.2, 0) is 18.7 Å². The summed E-state index contributed by atoms with van der Waals surface area (Å²) in [6, 6.07) is 21.1. The Morgan fingerprint density at radius 2 is 1.35 bits per heavy atom. The predicted molar refractivity (Wildman–Crippen MR) is 165 cm³/mol. The number of hydrogen-bond acceptors (Lipinski definition) is 5. The van der Waals surface area contributed by atoms with Crippen molar-refractivity contribution in [2.45, 2.75) is 92.6 Å². The number of hydrogen-bond donors (Lipinski definition) is 1. The monoisotopic (exact) mass is 568 g/mol. The summed E-state index contributed by atoms with van der Waals surface area (Å²) in [5.41, 5.74) is -1.16. The summed E-state index contributed by atoms with van der Waals surface area (Å²) >= 11 is 0. The topological polar surface area (TPSA) is 65.0 Å². The third kappa shape index (κ3) is 6.17. The lowest BCUT2D eigenvalue weighted by Crippen LogP contribution is -2.67. The third-order valence-corrected chi connectivity index (χ3v) is 15.0. The van der Waals surface area contributed by atoms with Gasteiger partial charge in [-0.3, -0.25) is 4.79 Å². The molecule has 3 atom stereocenters. The molecule has 1 N–H and O–H groups in total. The number of aliphatic hydroxyl groups excluding tert-OH is 1. The Morgan fingerprint density at radius 1 is 0.900 bits per heavy atom. The van der Waals surface area contributed by atoms with Gasteiger partial charge in [-0.25, -0.2) is 0 Å². The zero-order chi connectivity index (χ0) is 30.0. The normalized spacial score (nSPS) is 18.8. The van der Waals surface area contributed by atoms with E-state index in [1.54, 1.807) is 0 Å². The first-order valence-electron chi connectivity index (χ1n) is 14.7. The Kier molecular flexibility index (Phi) is 9.95. The van der Waals surface area contributed by atoms with E-state index < -0.39 is 31.0 Å². The van der Waals surface area contributed by atoms with E-state index in [1.165, 1.54) is 10.4 Å². The average molecular weight is 569 g/mol. The van der Waals surface area contributed by atoms with Crippen molar-refractivity contribution < 1.29 is 23.8 Å². The smallest absolute Gasteiger partial charge is 0.261 e. The molecule has 1 heterocycles. The molecule has 0 aliphatic carbocycles. The summed E-state index contributed by atoms with van der Waals surface area (Å²) in [5, 5.41) is 13.6. The second kappa shape index (κ2) is 12.2. The van der Waals surface area contributed by atoms with Crippen LogP contribution in [0.3, 0.4) is 0 Å². The lowest BCUT2D eigenvalue weighted by atomic mass is 9.68. The van der Waals surface area contributed by atoms with Crippen molar-refractivity contribution in [1.82, 2.24) is 0 Å². The van der Waals surface area contributed by atoms with Crippen LogP contribution in [-0.4, -0.2) is 50.9 Å². The Labute approximate surface area is 243 Å². The van der Waals surface area contributed by atoms with Gasteiger partial charge in [0.05, 0.1) is 19.3 Å². The van der Waals surface area contributed by atoms with Gasteiger partial charge in [-0.15, -0.1) is 0 Å². The molecule has 5 nitrogen and oxygen atoms in total. The fourth-order valence-corrected chi connectivity index (χ4v) is 10.6. The van der Waals surface area contributed by atoms with Gasteiger partial charge in [0.1, 0.15) is 5.78 Å². The molecule has 0 spiro atoms. The molecule has 40 heavy (non-hydrogen) atoms. The highest BCUT2D eigenvalue weighted by Gasteiger charge is 2.53. The lowest BCUT2D eigenvalue weighted by molar-refractivity contribution is -0.238. The molecule has 2 aromatic carbocycles. The van der Waals surface area contributed by atoms with E-state index in [-0.39, 0.29) is 29.1 Å². The molecule has 1 aliphatic rings. The Bertz CT molecular complexity index is 1060. The average Bonchev–Trinajstić information content (AvgIpc) is 3.37. The second-order valence-electron chi connectivity index (χ2n) is 13.9. The number of ketones is 1. The molecule has 3 rings (SSSR count). The molecule has 0 amide bonds. The van der Waals surface area contributed by atoms with Gasteiger partial charge in [-0.05, 0) is 34.2 Å². The van der Waals surface area contributed by atoms with Gasteiger partial charge in [0.2, 0.25) is 0 Å². The van der Waals surface area contributed by atoms with Crippen LogP contribution in [0, 0.1) is 22.7 Å². The van der Waals surface area contributed by atoms with Gasteiger partial charge in [0, 0.05) is 23.9 Å². The molecule has 1 aliphatic heterocycles. The summed E-state index contributed by atoms with van der Waals surface area (Å²) in [7, 11) is -2.71. The highest BCUT2D eigenvalue weighted by Crippen LogP contribution is 2.46. The molecule has 6 heteroatoms. The zero-order valence-electron chi connectivity index (χ0n) is 26.4. The van der Waals surface area contributed by atoms with E-state index in [9.17, 15) is 9.90 Å². The number of carbonyl (C=O) groups is 1. The molecule has 2 aromatic rings. The Hall–Kier alpha value is -1.83. The van der Waals surface area contributed by atoms with Crippen molar-refractivity contribution in [3.8, 4) is 0 Å². The standard InChI is InChI=1S/C34H52O5Si/c1-25(32(6,7)30(36)23-29(35)26(2)33(8,9)34(10)37-21-22-38-34)24-39-40(31(3,4)5,27-17-13-11-14-18-27)28-19-15-12-16-20-28/h11-20,25-26,29,35H,21-24H2,1-10H3. The van der Waals surface area contributed by atoms with E-state index in [4.69, 9.17) is 13.9 Å². The fourth-order valence-electron chi connectivity index (χ4n) is 5.91. The molecular formula is C34H52O5Si. The first kappa shape index (κ1) is 32.7. The minimum atomic E-state index is -2.71. The Balaban J connectivity index is 1.81. The summed E-state index contributed by atoms with van der Waals surface area (Å²) in [5.74, 6) is -1.02. The molecule has 0 bridgehead atoms. The van der Waals surface area contributed by atoms with E-state index in [2.05, 4.69) is 76.2 Å². The number of aliphatic hydroxyl groups is 1. The van der Waals surface area contributed by atoms with Crippen LogP contribution >= 0.6 is 0 Å². The molecule has 0 aromatic heterocycles. The maximum absolute atomic E-state index is 13.7. The van der Waals surface area contributed by atoms with Gasteiger partial charge >= 0.3 is 0 Å². The van der Waals surface area contributed by atoms with Crippen LogP contribution in [0.25, 0.3) is 0 Å². The van der Waals surface area contributed by atoms with Crippen LogP contribution in [0.4, 0.5) is 0 Å². The number of rotatable bonds is 12. The third-order valence-electron chi connectivity index (χ3n) is 10.0. The largest absolute Gasteiger partial charge is 0.407 e. The van der Waals surface area contributed by atoms with E-state index in [0.717, 1.165) is 0 Å². The van der Waals surface area contributed by atoms with Crippen molar-refractivity contribution >= 4 is 24.5 Å². The molecule has 0 saturated carbocycles. The van der Waals surface area contributed by atoms with Crippen LogP contribution < -0.4 is 10.4 Å². The molecule has 0 radical (unpaired) electrons. The highest BCUT2D eigenvalue weighted by atomic mass is 28.4.